The lowest BCUT2D eigenvalue weighted by atomic mass is 10.1. The molecule has 5 heteroatoms. The van der Waals surface area contributed by atoms with Crippen LogP contribution in [0.3, 0.4) is 0 Å². The van der Waals surface area contributed by atoms with E-state index in [1.807, 2.05) is 0 Å². The van der Waals surface area contributed by atoms with Crippen LogP contribution in [0.1, 0.15) is 37.0 Å². The third-order valence-corrected chi connectivity index (χ3v) is 3.33. The van der Waals surface area contributed by atoms with Crippen LogP contribution in [0, 0.1) is 10.6 Å². The molecule has 0 saturated heterocycles. The zero-order valence-corrected chi connectivity index (χ0v) is 11.3. The molecule has 1 atom stereocenters. The van der Waals surface area contributed by atoms with E-state index in [2.05, 4.69) is 23.8 Å². The van der Waals surface area contributed by atoms with Crippen LogP contribution in [-0.4, -0.2) is 23.7 Å². The van der Waals surface area contributed by atoms with Crippen LogP contribution in [-0.2, 0) is 22.5 Å². The van der Waals surface area contributed by atoms with Crippen LogP contribution in [0.5, 0.6) is 0 Å². The molecule has 0 saturated carbocycles. The van der Waals surface area contributed by atoms with Crippen LogP contribution in [0.15, 0.2) is 0 Å². The van der Waals surface area contributed by atoms with Crippen LogP contribution in [0.2, 0.25) is 0 Å². The second-order valence-corrected chi connectivity index (χ2v) is 4.97. The van der Waals surface area contributed by atoms with E-state index in [-0.39, 0.29) is 6.10 Å². The Bertz CT molecular complexity index is 456. The number of rotatable bonds is 3. The van der Waals surface area contributed by atoms with Crippen LogP contribution >= 0.6 is 12.2 Å². The summed E-state index contributed by atoms with van der Waals surface area (Å²) in [6.45, 7) is 5.52. The number of aromatic nitrogens is 2. The largest absolute Gasteiger partial charge is 0.376 e. The number of nitrogens with one attached hydrogen (secondary N) is 1. The fraction of sp³-hybridized carbons (Fsp3) is 0.667. The molecule has 1 unspecified atom stereocenters. The summed E-state index contributed by atoms with van der Waals surface area (Å²) in [5.41, 5.74) is 2.17. The highest BCUT2D eigenvalue weighted by molar-refractivity contribution is 7.71. The lowest BCUT2D eigenvalue weighted by Crippen LogP contribution is -2.19. The minimum Gasteiger partial charge on any atom is -0.376 e. The first kappa shape index (κ1) is 12.7. The van der Waals surface area contributed by atoms with Crippen LogP contribution in [0.25, 0.3) is 0 Å². The number of aromatic amines is 1. The smallest absolute Gasteiger partial charge is 0.137 e. The fourth-order valence-electron chi connectivity index (χ4n) is 2.11. The van der Waals surface area contributed by atoms with E-state index in [0.717, 1.165) is 30.1 Å². The summed E-state index contributed by atoms with van der Waals surface area (Å²) in [7, 11) is 1.70. The summed E-state index contributed by atoms with van der Waals surface area (Å²) in [5.74, 6) is 1.18. The zero-order valence-electron chi connectivity index (χ0n) is 10.4. The van der Waals surface area contributed by atoms with Crippen molar-refractivity contribution in [3.05, 3.63) is 21.7 Å². The normalized spacial score (nSPS) is 16.9. The Morgan fingerprint density at radius 3 is 2.88 bits per heavy atom. The maximum absolute atomic E-state index is 5.47. The minimum atomic E-state index is -0.0372. The fourth-order valence-corrected chi connectivity index (χ4v) is 2.39. The average molecular weight is 254 g/mol. The number of nitrogens with zero attached hydrogens (tertiary/aromatic N) is 1. The number of ether oxygens (including phenoxy) is 2. The monoisotopic (exact) mass is 254 g/mol. The van der Waals surface area contributed by atoms with Gasteiger partial charge in [0.15, 0.2) is 0 Å². The van der Waals surface area contributed by atoms with E-state index in [9.17, 15) is 0 Å². The molecule has 94 valence electrons. The first-order valence-corrected chi connectivity index (χ1v) is 6.26. The highest BCUT2D eigenvalue weighted by Crippen LogP contribution is 2.24. The predicted octanol–water partition coefficient (Wildman–Crippen LogP) is 2.56. The van der Waals surface area contributed by atoms with Gasteiger partial charge in [-0.25, -0.2) is 4.98 Å². The van der Waals surface area contributed by atoms with Crippen LogP contribution in [0.4, 0.5) is 0 Å². The number of methoxy groups -OCH3 is 1. The Kier molecular flexibility index (Phi) is 3.91. The van der Waals surface area contributed by atoms with E-state index in [1.54, 1.807) is 7.11 Å². The lowest BCUT2D eigenvalue weighted by molar-refractivity contribution is 0.0560. The van der Waals surface area contributed by atoms with Gasteiger partial charge in [-0.05, 0) is 5.92 Å². The van der Waals surface area contributed by atoms with Gasteiger partial charge in [-0.15, -0.1) is 0 Å². The van der Waals surface area contributed by atoms with Crippen molar-refractivity contribution in [1.82, 2.24) is 9.97 Å². The molecular formula is C12H18N2O2S. The quantitative estimate of drug-likeness (QED) is 0.842. The predicted molar refractivity (Wildman–Crippen MR) is 67.4 cm³/mol. The van der Waals surface area contributed by atoms with Gasteiger partial charge in [0.05, 0.1) is 13.2 Å². The molecular weight excluding hydrogens is 236 g/mol. The molecule has 1 aromatic rings. The van der Waals surface area contributed by atoms with Gasteiger partial charge in [0, 0.05) is 24.8 Å². The second kappa shape index (κ2) is 5.25. The summed E-state index contributed by atoms with van der Waals surface area (Å²) in [4.78, 5) is 7.79. The first-order valence-electron chi connectivity index (χ1n) is 5.86. The molecule has 0 spiro atoms. The molecule has 1 aliphatic heterocycles. The SMILES string of the molecule is COC(c1nc(=S)c2c([nH]1)CCOC2)C(C)C. The van der Waals surface area contributed by atoms with Crippen molar-refractivity contribution < 1.29 is 9.47 Å². The molecule has 1 N–H and O–H groups in total. The van der Waals surface area contributed by atoms with Gasteiger partial charge in [-0.2, -0.15) is 0 Å². The molecule has 0 amide bonds. The molecule has 1 aromatic heterocycles. The van der Waals surface area contributed by atoms with E-state index in [0.29, 0.717) is 17.2 Å². The van der Waals surface area contributed by atoms with Crippen LogP contribution < -0.4 is 0 Å². The van der Waals surface area contributed by atoms with E-state index in [4.69, 9.17) is 21.7 Å². The van der Waals surface area contributed by atoms with Crippen molar-refractivity contribution >= 4 is 12.2 Å². The Balaban J connectivity index is 2.43. The van der Waals surface area contributed by atoms with E-state index < -0.39 is 0 Å². The number of fused-ring (bicyclic) bond motifs is 1. The molecule has 17 heavy (non-hydrogen) atoms. The van der Waals surface area contributed by atoms with Gasteiger partial charge in [0.2, 0.25) is 0 Å². The minimum absolute atomic E-state index is 0.0372. The number of hydrogen-bond donors (Lipinski definition) is 1. The van der Waals surface area contributed by atoms with E-state index in [1.165, 1.54) is 0 Å². The van der Waals surface area contributed by atoms with Gasteiger partial charge in [0.1, 0.15) is 16.6 Å². The van der Waals surface area contributed by atoms with Crippen molar-refractivity contribution in [2.75, 3.05) is 13.7 Å². The third kappa shape index (κ3) is 2.56. The first-order chi connectivity index (χ1) is 8.13. The highest BCUT2D eigenvalue weighted by Gasteiger charge is 2.20. The Labute approximate surface area is 106 Å². The maximum Gasteiger partial charge on any atom is 0.137 e. The molecule has 0 aliphatic carbocycles. The summed E-state index contributed by atoms with van der Waals surface area (Å²) in [5, 5.41) is 0. The molecule has 0 aromatic carbocycles. The Hall–Kier alpha value is -0.780. The van der Waals surface area contributed by atoms with Gasteiger partial charge in [-0.3, -0.25) is 0 Å². The summed E-state index contributed by atoms with van der Waals surface area (Å²) >= 11 is 5.31. The number of H-pyrrole nitrogens is 1. The molecule has 0 radical (unpaired) electrons. The van der Waals surface area contributed by atoms with Crippen molar-refractivity contribution in [3.63, 3.8) is 0 Å². The lowest BCUT2D eigenvalue weighted by Gasteiger charge is -2.22. The molecule has 2 heterocycles. The molecule has 1 aliphatic rings. The maximum atomic E-state index is 5.47. The zero-order chi connectivity index (χ0) is 12.4. The standard InChI is InChI=1S/C12H18N2O2S/c1-7(2)10(15-3)11-13-9-4-5-16-6-8(9)12(17)14-11/h7,10H,4-6H2,1-3H3,(H,13,14,17). The summed E-state index contributed by atoms with van der Waals surface area (Å²) in [6, 6.07) is 0. The van der Waals surface area contributed by atoms with Crippen molar-refractivity contribution in [2.45, 2.75) is 33.0 Å². The number of hydrogen-bond acceptors (Lipinski definition) is 4. The summed E-state index contributed by atoms with van der Waals surface area (Å²) < 4.78 is 11.5. The third-order valence-electron chi connectivity index (χ3n) is 3.00. The molecule has 4 nitrogen and oxygen atoms in total. The average Bonchev–Trinajstić information content (AvgIpc) is 2.29. The Morgan fingerprint density at radius 2 is 2.24 bits per heavy atom. The van der Waals surface area contributed by atoms with Crippen molar-refractivity contribution in [2.24, 2.45) is 5.92 Å². The second-order valence-electron chi connectivity index (χ2n) is 4.59. The topological polar surface area (TPSA) is 47.1 Å². The van der Waals surface area contributed by atoms with Gasteiger partial charge in [0.25, 0.3) is 0 Å². The molecule has 0 fully saturated rings. The van der Waals surface area contributed by atoms with E-state index >= 15 is 0 Å². The Morgan fingerprint density at radius 1 is 1.47 bits per heavy atom. The summed E-state index contributed by atoms with van der Waals surface area (Å²) in [6.07, 6.45) is 0.827. The van der Waals surface area contributed by atoms with Gasteiger partial charge in [-0.1, -0.05) is 26.1 Å². The highest BCUT2D eigenvalue weighted by atomic mass is 32.1. The molecule has 2 rings (SSSR count). The van der Waals surface area contributed by atoms with Crippen molar-refractivity contribution in [1.29, 1.82) is 0 Å². The van der Waals surface area contributed by atoms with Gasteiger partial charge < -0.3 is 14.5 Å². The van der Waals surface area contributed by atoms with Crippen molar-refractivity contribution in [3.8, 4) is 0 Å². The van der Waals surface area contributed by atoms with Gasteiger partial charge >= 0.3 is 0 Å². The molecule has 0 bridgehead atoms.